The van der Waals surface area contributed by atoms with E-state index < -0.39 is 0 Å². The van der Waals surface area contributed by atoms with E-state index in [9.17, 15) is 0 Å². The molecule has 2 aliphatic carbocycles. The summed E-state index contributed by atoms with van der Waals surface area (Å²) in [6.45, 7) is 1.18. The normalized spacial score (nSPS) is 39.3. The van der Waals surface area contributed by atoms with Crippen LogP contribution in [-0.2, 0) is 0 Å². The molecule has 0 radical (unpaired) electrons. The smallest absolute Gasteiger partial charge is 0.0332 e. The van der Waals surface area contributed by atoms with E-state index in [1.165, 1.54) is 31.5 Å². The molecule has 2 fully saturated rings. The van der Waals surface area contributed by atoms with Crippen LogP contribution in [0.15, 0.2) is 23.4 Å². The van der Waals surface area contributed by atoms with Crippen molar-refractivity contribution in [3.8, 4) is 0 Å². The zero-order chi connectivity index (χ0) is 7.26. The van der Waals surface area contributed by atoms with Crippen LogP contribution >= 0.6 is 0 Å². The van der Waals surface area contributed by atoms with Crippen molar-refractivity contribution in [2.75, 3.05) is 6.54 Å². The summed E-state index contributed by atoms with van der Waals surface area (Å²) in [6.07, 6.45) is 8.97. The fourth-order valence-electron chi connectivity index (χ4n) is 2.18. The Hall–Kier alpha value is -0.720. The van der Waals surface area contributed by atoms with Crippen molar-refractivity contribution in [2.45, 2.75) is 19.3 Å². The lowest BCUT2D eigenvalue weighted by Crippen LogP contribution is -2.23. The van der Waals surface area contributed by atoms with Gasteiger partial charge in [-0.1, -0.05) is 12.2 Å². The fraction of sp³-hybridized carbons (Fsp3) is 0.600. The maximum atomic E-state index is 3.47. The van der Waals surface area contributed by atoms with Crippen molar-refractivity contribution in [1.29, 1.82) is 0 Å². The van der Waals surface area contributed by atoms with Crippen LogP contribution in [0.4, 0.5) is 0 Å². The van der Waals surface area contributed by atoms with E-state index in [0.717, 1.165) is 11.8 Å². The van der Waals surface area contributed by atoms with Crippen LogP contribution in [0, 0.1) is 11.8 Å². The van der Waals surface area contributed by atoms with Crippen LogP contribution in [0.3, 0.4) is 0 Å². The molecule has 2 atom stereocenters. The average molecular weight is 147 g/mol. The van der Waals surface area contributed by atoms with Crippen molar-refractivity contribution in [3.05, 3.63) is 23.4 Å². The van der Waals surface area contributed by atoms with Gasteiger partial charge in [-0.15, -0.1) is 0 Å². The number of piperidine rings is 1. The Balaban J connectivity index is 1.96. The van der Waals surface area contributed by atoms with E-state index in [2.05, 4.69) is 17.5 Å². The van der Waals surface area contributed by atoms with Gasteiger partial charge in [-0.05, 0) is 36.7 Å². The molecule has 0 aromatic carbocycles. The van der Waals surface area contributed by atoms with Gasteiger partial charge in [-0.25, -0.2) is 0 Å². The van der Waals surface area contributed by atoms with E-state index >= 15 is 0 Å². The lowest BCUT2D eigenvalue weighted by atomic mass is 9.96. The van der Waals surface area contributed by atoms with E-state index in [1.807, 2.05) is 0 Å². The van der Waals surface area contributed by atoms with Gasteiger partial charge < -0.3 is 5.32 Å². The molecule has 1 heteroatoms. The standard InChI is InChI=1S/C10H13N/c1-2-7-4-8-5-9(8)6-10(7)11-3-1/h4,6,8-9,11H,1-3,5H2. The second-order valence-corrected chi connectivity index (χ2v) is 3.87. The molecule has 1 saturated heterocycles. The highest BCUT2D eigenvalue weighted by atomic mass is 14.9. The lowest BCUT2D eigenvalue weighted by Gasteiger charge is -2.22. The largest absolute Gasteiger partial charge is 0.385 e. The van der Waals surface area contributed by atoms with Gasteiger partial charge in [0.15, 0.2) is 0 Å². The zero-order valence-electron chi connectivity index (χ0n) is 6.64. The lowest BCUT2D eigenvalue weighted by molar-refractivity contribution is 0.651. The maximum Gasteiger partial charge on any atom is 0.0332 e. The SMILES string of the molecule is C1=C2CCCNC2=CC2CC12. The topological polar surface area (TPSA) is 12.0 Å². The molecule has 3 aliphatic rings. The predicted octanol–water partition coefficient (Wildman–Crippen LogP) is 1.83. The minimum atomic E-state index is 0.902. The Labute approximate surface area is 67.2 Å². The van der Waals surface area contributed by atoms with Gasteiger partial charge in [-0.2, -0.15) is 0 Å². The monoisotopic (exact) mass is 147 g/mol. The Morgan fingerprint density at radius 1 is 1.27 bits per heavy atom. The molecule has 3 rings (SSSR count). The van der Waals surface area contributed by atoms with Crippen LogP contribution in [0.25, 0.3) is 0 Å². The molecule has 11 heavy (non-hydrogen) atoms. The number of allylic oxidation sites excluding steroid dienone is 3. The molecular weight excluding hydrogens is 134 g/mol. The van der Waals surface area contributed by atoms with Crippen molar-refractivity contribution in [3.63, 3.8) is 0 Å². The molecule has 0 spiro atoms. The predicted molar refractivity (Wildman–Crippen MR) is 45.0 cm³/mol. The molecule has 2 unspecified atom stereocenters. The number of nitrogens with one attached hydrogen (secondary N) is 1. The average Bonchev–Trinajstić information content (AvgIpc) is 2.77. The zero-order valence-corrected chi connectivity index (χ0v) is 6.64. The first-order valence-corrected chi connectivity index (χ1v) is 4.60. The van der Waals surface area contributed by atoms with Gasteiger partial charge in [-0.3, -0.25) is 0 Å². The van der Waals surface area contributed by atoms with Crippen LogP contribution in [0.5, 0.6) is 0 Å². The second kappa shape index (κ2) is 1.90. The first-order chi connectivity index (χ1) is 5.43. The summed E-state index contributed by atoms with van der Waals surface area (Å²) in [6, 6.07) is 0. The summed E-state index contributed by atoms with van der Waals surface area (Å²) < 4.78 is 0. The molecule has 0 amide bonds. The third-order valence-corrected chi connectivity index (χ3v) is 2.97. The molecule has 1 aliphatic heterocycles. The van der Waals surface area contributed by atoms with Crippen LogP contribution < -0.4 is 5.32 Å². The quantitative estimate of drug-likeness (QED) is 0.551. The van der Waals surface area contributed by atoms with Gasteiger partial charge >= 0.3 is 0 Å². The minimum Gasteiger partial charge on any atom is -0.385 e. The molecule has 0 aromatic rings. The minimum absolute atomic E-state index is 0.902. The van der Waals surface area contributed by atoms with Gasteiger partial charge in [0, 0.05) is 12.2 Å². The van der Waals surface area contributed by atoms with Crippen LogP contribution in [0.1, 0.15) is 19.3 Å². The molecule has 1 N–H and O–H groups in total. The number of rotatable bonds is 0. The number of hydrogen-bond donors (Lipinski definition) is 1. The Morgan fingerprint density at radius 2 is 2.18 bits per heavy atom. The van der Waals surface area contributed by atoms with Gasteiger partial charge in [0.1, 0.15) is 0 Å². The van der Waals surface area contributed by atoms with E-state index in [4.69, 9.17) is 0 Å². The van der Waals surface area contributed by atoms with Crippen LogP contribution in [0.2, 0.25) is 0 Å². The van der Waals surface area contributed by atoms with Crippen LogP contribution in [-0.4, -0.2) is 6.54 Å². The van der Waals surface area contributed by atoms with Crippen molar-refractivity contribution < 1.29 is 0 Å². The van der Waals surface area contributed by atoms with Crippen molar-refractivity contribution >= 4 is 0 Å². The first-order valence-electron chi connectivity index (χ1n) is 4.60. The highest BCUT2D eigenvalue weighted by molar-refractivity contribution is 5.39. The molecular formula is C10H13N. The summed E-state index contributed by atoms with van der Waals surface area (Å²) in [5.41, 5.74) is 3.05. The fourth-order valence-corrected chi connectivity index (χ4v) is 2.18. The molecule has 1 heterocycles. The Kier molecular flexibility index (Phi) is 1.02. The molecule has 58 valence electrons. The Morgan fingerprint density at radius 3 is 3.18 bits per heavy atom. The van der Waals surface area contributed by atoms with Gasteiger partial charge in [0.2, 0.25) is 0 Å². The molecule has 0 aromatic heterocycles. The second-order valence-electron chi connectivity index (χ2n) is 3.87. The van der Waals surface area contributed by atoms with E-state index in [1.54, 1.807) is 5.57 Å². The summed E-state index contributed by atoms with van der Waals surface area (Å²) in [5.74, 6) is 1.83. The molecule has 0 bridgehead atoms. The summed E-state index contributed by atoms with van der Waals surface area (Å²) >= 11 is 0. The van der Waals surface area contributed by atoms with E-state index in [-0.39, 0.29) is 0 Å². The first kappa shape index (κ1) is 5.87. The van der Waals surface area contributed by atoms with Gasteiger partial charge in [0.05, 0.1) is 0 Å². The third-order valence-electron chi connectivity index (χ3n) is 2.97. The van der Waals surface area contributed by atoms with E-state index in [0.29, 0.717) is 0 Å². The highest BCUT2D eigenvalue weighted by Crippen LogP contribution is 2.47. The third kappa shape index (κ3) is 0.834. The van der Waals surface area contributed by atoms with Crippen molar-refractivity contribution in [2.24, 2.45) is 11.8 Å². The number of hydrogen-bond acceptors (Lipinski definition) is 1. The molecule has 1 nitrogen and oxygen atoms in total. The Bertz CT molecular complexity index is 224. The summed E-state index contributed by atoms with van der Waals surface area (Å²) in [4.78, 5) is 0. The molecule has 1 saturated carbocycles. The maximum absolute atomic E-state index is 3.47. The van der Waals surface area contributed by atoms with Gasteiger partial charge in [0.25, 0.3) is 0 Å². The number of fused-ring (bicyclic) bond motifs is 2. The summed E-state index contributed by atoms with van der Waals surface area (Å²) in [5, 5.41) is 3.47. The van der Waals surface area contributed by atoms with Crippen molar-refractivity contribution in [1.82, 2.24) is 5.32 Å². The summed E-state index contributed by atoms with van der Waals surface area (Å²) in [7, 11) is 0. The highest BCUT2D eigenvalue weighted by Gasteiger charge is 2.37.